The van der Waals surface area contributed by atoms with Crippen LogP contribution in [-0.4, -0.2) is 26.0 Å². The number of carbonyl (C=O) groups is 1. The van der Waals surface area contributed by atoms with Gasteiger partial charge in [-0.1, -0.05) is 29.8 Å². The van der Waals surface area contributed by atoms with Crippen LogP contribution in [-0.2, 0) is 22.6 Å². The zero-order valence-electron chi connectivity index (χ0n) is 16.9. The highest BCUT2D eigenvalue weighted by atomic mass is 35.5. The molecule has 0 atom stereocenters. The number of halogens is 4. The average molecular weight is 499 g/mol. The van der Waals surface area contributed by atoms with Crippen LogP contribution in [0, 0.1) is 0 Å². The Hall–Kier alpha value is -3.24. The summed E-state index contributed by atoms with van der Waals surface area (Å²) in [6, 6.07) is 14.2. The molecule has 0 fully saturated rings. The maximum Gasteiger partial charge on any atom is 0.416 e. The fraction of sp³-hybridized carbons (Fsp3) is 0.136. The lowest BCUT2D eigenvalue weighted by Gasteiger charge is -2.16. The first-order valence-electron chi connectivity index (χ1n) is 9.51. The van der Waals surface area contributed by atoms with Gasteiger partial charge in [-0.3, -0.25) is 4.72 Å². The van der Waals surface area contributed by atoms with Gasteiger partial charge in [0.25, 0.3) is 10.0 Å². The molecule has 6 nitrogen and oxygen atoms in total. The fourth-order valence-corrected chi connectivity index (χ4v) is 4.37. The lowest BCUT2D eigenvalue weighted by molar-refractivity contribution is -0.137. The molecule has 33 heavy (non-hydrogen) atoms. The van der Waals surface area contributed by atoms with Crippen LogP contribution in [0.4, 0.5) is 24.5 Å². The van der Waals surface area contributed by atoms with Gasteiger partial charge in [0.2, 0.25) is 0 Å². The third kappa shape index (κ3) is 6.39. The third-order valence-corrected chi connectivity index (χ3v) is 6.28. The van der Waals surface area contributed by atoms with Crippen LogP contribution in [0.3, 0.4) is 0 Å². The molecule has 3 rings (SSSR count). The monoisotopic (exact) mass is 498 g/mol. The summed E-state index contributed by atoms with van der Waals surface area (Å²) in [6.45, 7) is 0.306. The van der Waals surface area contributed by atoms with E-state index in [4.69, 9.17) is 11.6 Å². The molecule has 0 bridgehead atoms. The molecule has 0 radical (unpaired) electrons. The molecule has 11 heteroatoms. The van der Waals surface area contributed by atoms with E-state index >= 15 is 0 Å². The van der Waals surface area contributed by atoms with E-state index in [2.05, 4.69) is 10.0 Å². The maximum atomic E-state index is 13.0. The van der Waals surface area contributed by atoms with Gasteiger partial charge in [0, 0.05) is 17.3 Å². The largest absolute Gasteiger partial charge is 0.478 e. The topological polar surface area (TPSA) is 95.5 Å². The zero-order valence-corrected chi connectivity index (χ0v) is 18.4. The first-order chi connectivity index (χ1) is 15.5. The van der Waals surface area contributed by atoms with Gasteiger partial charge < -0.3 is 10.4 Å². The second-order valence-electron chi connectivity index (χ2n) is 7.00. The van der Waals surface area contributed by atoms with E-state index in [9.17, 15) is 31.5 Å². The van der Waals surface area contributed by atoms with Crippen LogP contribution in [0.15, 0.2) is 71.6 Å². The van der Waals surface area contributed by atoms with Crippen molar-refractivity contribution in [3.63, 3.8) is 0 Å². The molecule has 0 unspecified atom stereocenters. The number of nitrogens with one attached hydrogen (secondary N) is 2. The molecule has 0 saturated carbocycles. The Labute approximate surface area is 193 Å². The van der Waals surface area contributed by atoms with E-state index in [0.29, 0.717) is 24.1 Å². The van der Waals surface area contributed by atoms with Gasteiger partial charge in [-0.25, -0.2) is 13.2 Å². The van der Waals surface area contributed by atoms with Crippen LogP contribution in [0.1, 0.15) is 21.5 Å². The zero-order chi connectivity index (χ0) is 24.2. The Morgan fingerprint density at radius 2 is 1.70 bits per heavy atom. The minimum absolute atomic E-state index is 0.105. The predicted molar refractivity (Wildman–Crippen MR) is 119 cm³/mol. The van der Waals surface area contributed by atoms with Gasteiger partial charge >= 0.3 is 12.1 Å². The highest BCUT2D eigenvalue weighted by molar-refractivity contribution is 7.92. The molecule has 0 saturated heterocycles. The summed E-state index contributed by atoms with van der Waals surface area (Å²) in [6.07, 6.45) is -4.14. The summed E-state index contributed by atoms with van der Waals surface area (Å²) in [4.78, 5) is 11.0. The number of aromatic carboxylic acids is 1. The predicted octanol–water partition coefficient (Wildman–Crippen LogP) is 5.51. The first kappa shape index (κ1) is 24.4. The minimum atomic E-state index is -4.65. The van der Waals surface area contributed by atoms with Gasteiger partial charge in [-0.15, -0.1) is 0 Å². The van der Waals surface area contributed by atoms with Crippen molar-refractivity contribution < 1.29 is 31.5 Å². The summed E-state index contributed by atoms with van der Waals surface area (Å²) in [5.74, 6) is -1.35. The van der Waals surface area contributed by atoms with Crippen molar-refractivity contribution in [3.8, 4) is 0 Å². The van der Waals surface area contributed by atoms with Crippen molar-refractivity contribution in [2.24, 2.45) is 0 Å². The van der Waals surface area contributed by atoms with Gasteiger partial charge in [0.05, 0.1) is 16.8 Å². The molecule has 0 aliphatic carbocycles. The number of anilines is 2. The van der Waals surface area contributed by atoms with Crippen molar-refractivity contribution in [1.82, 2.24) is 0 Å². The number of carboxylic acid groups (broad SMARTS) is 1. The molecule has 3 aromatic carbocycles. The molecule has 3 N–H and O–H groups in total. The summed E-state index contributed by atoms with van der Waals surface area (Å²) in [7, 11) is -4.42. The Bertz CT molecular complexity index is 1260. The van der Waals surface area contributed by atoms with Gasteiger partial charge in [0.15, 0.2) is 0 Å². The quantitative estimate of drug-likeness (QED) is 0.380. The molecule has 0 aliphatic heterocycles. The fourth-order valence-electron chi connectivity index (χ4n) is 2.99. The number of hydrogen-bond donors (Lipinski definition) is 3. The standard InChI is InChI=1S/C22H18ClF3N2O4S/c23-17-7-4-14(5-8-17)10-11-27-19-9-6-15(21(29)30)12-20(19)33(31,32)28-18-3-1-2-16(13-18)22(24,25)26/h1-9,12-13,27-28H,10-11H2,(H,29,30). The smallest absolute Gasteiger partial charge is 0.416 e. The number of carboxylic acids is 1. The lowest BCUT2D eigenvalue weighted by Crippen LogP contribution is -2.18. The lowest BCUT2D eigenvalue weighted by atomic mass is 10.1. The van der Waals surface area contributed by atoms with Crippen LogP contribution < -0.4 is 10.0 Å². The minimum Gasteiger partial charge on any atom is -0.478 e. The third-order valence-electron chi connectivity index (χ3n) is 4.60. The van der Waals surface area contributed by atoms with Crippen LogP contribution >= 0.6 is 11.6 Å². The molecule has 0 spiro atoms. The highest BCUT2D eigenvalue weighted by Crippen LogP contribution is 2.32. The molecular weight excluding hydrogens is 481 g/mol. The molecule has 3 aromatic rings. The summed E-state index contributed by atoms with van der Waals surface area (Å²) in [5, 5.41) is 12.8. The van der Waals surface area contributed by atoms with Crippen molar-refractivity contribution in [3.05, 3.63) is 88.4 Å². The molecule has 0 aliphatic rings. The van der Waals surface area contributed by atoms with Gasteiger partial charge in [-0.05, 0) is 60.5 Å². The Morgan fingerprint density at radius 3 is 2.33 bits per heavy atom. The van der Waals surface area contributed by atoms with E-state index in [-0.39, 0.29) is 16.9 Å². The van der Waals surface area contributed by atoms with Crippen LogP contribution in [0.5, 0.6) is 0 Å². The SMILES string of the molecule is O=C(O)c1ccc(NCCc2ccc(Cl)cc2)c(S(=O)(=O)Nc2cccc(C(F)(F)F)c2)c1. The normalized spacial score (nSPS) is 11.8. The van der Waals surface area contributed by atoms with Crippen molar-refractivity contribution >= 4 is 39.0 Å². The maximum absolute atomic E-state index is 13.0. The second kappa shape index (κ2) is 9.72. The summed E-state index contributed by atoms with van der Waals surface area (Å²) < 4.78 is 67.0. The number of sulfonamides is 1. The number of rotatable bonds is 8. The molecule has 0 aromatic heterocycles. The Morgan fingerprint density at radius 1 is 1.00 bits per heavy atom. The van der Waals surface area contributed by atoms with E-state index in [1.165, 1.54) is 18.2 Å². The van der Waals surface area contributed by atoms with Crippen LogP contribution in [0.2, 0.25) is 5.02 Å². The second-order valence-corrected chi connectivity index (χ2v) is 9.09. The van der Waals surface area contributed by atoms with Crippen molar-refractivity contribution in [2.75, 3.05) is 16.6 Å². The molecule has 0 amide bonds. The Kier molecular flexibility index (Phi) is 7.19. The van der Waals surface area contributed by atoms with Crippen molar-refractivity contribution in [2.45, 2.75) is 17.5 Å². The summed E-state index contributed by atoms with van der Waals surface area (Å²) >= 11 is 5.85. The average Bonchev–Trinajstić information content (AvgIpc) is 2.74. The van der Waals surface area contributed by atoms with Gasteiger partial charge in [-0.2, -0.15) is 13.2 Å². The van der Waals surface area contributed by atoms with E-state index in [1.54, 1.807) is 12.1 Å². The highest BCUT2D eigenvalue weighted by Gasteiger charge is 2.31. The number of alkyl halides is 3. The molecule has 0 heterocycles. The van der Waals surface area contributed by atoms with E-state index < -0.39 is 32.6 Å². The van der Waals surface area contributed by atoms with E-state index in [1.807, 2.05) is 12.1 Å². The molecular formula is C22H18ClF3N2O4S. The Balaban J connectivity index is 1.88. The molecule has 174 valence electrons. The summed E-state index contributed by atoms with van der Waals surface area (Å²) in [5.41, 5.74) is -0.586. The van der Waals surface area contributed by atoms with Crippen LogP contribution in [0.25, 0.3) is 0 Å². The number of hydrogen-bond acceptors (Lipinski definition) is 4. The van der Waals surface area contributed by atoms with E-state index in [0.717, 1.165) is 23.8 Å². The first-order valence-corrected chi connectivity index (χ1v) is 11.4. The van der Waals surface area contributed by atoms with Gasteiger partial charge in [0.1, 0.15) is 4.90 Å². The number of benzene rings is 3. The van der Waals surface area contributed by atoms with Crippen molar-refractivity contribution in [1.29, 1.82) is 0 Å².